The van der Waals surface area contributed by atoms with E-state index in [4.69, 9.17) is 10.3 Å². The fourth-order valence-electron chi connectivity index (χ4n) is 1.32. The third-order valence-corrected chi connectivity index (χ3v) is 3.35. The van der Waals surface area contributed by atoms with Crippen LogP contribution in [0.4, 0.5) is 0 Å². The summed E-state index contributed by atoms with van der Waals surface area (Å²) >= 11 is 0. The number of hydrogen-bond acceptors (Lipinski definition) is 4. The summed E-state index contributed by atoms with van der Waals surface area (Å²) in [5.74, 6) is -0.474. The Morgan fingerprint density at radius 1 is 1.25 bits per heavy atom. The van der Waals surface area contributed by atoms with Gasteiger partial charge in [0.15, 0.2) is 0 Å². The van der Waals surface area contributed by atoms with Crippen molar-refractivity contribution >= 4 is 16.0 Å². The van der Waals surface area contributed by atoms with Crippen molar-refractivity contribution in [3.63, 3.8) is 0 Å². The molecule has 0 fully saturated rings. The summed E-state index contributed by atoms with van der Waals surface area (Å²) in [5, 5.41) is 0. The predicted octanol–water partition coefficient (Wildman–Crippen LogP) is 1.43. The summed E-state index contributed by atoms with van der Waals surface area (Å²) < 4.78 is 28.0. The summed E-state index contributed by atoms with van der Waals surface area (Å²) in [7, 11) is -3.69. The molecule has 20 heavy (non-hydrogen) atoms. The SMILES string of the molecule is CCCCS(=O)(=O)O.CCN(CC)CCC=CC(N)=O. The van der Waals surface area contributed by atoms with E-state index >= 15 is 0 Å². The molecular formula is C13H28N2O4S. The molecule has 1 amide bonds. The molecular weight excluding hydrogens is 280 g/mol. The predicted molar refractivity (Wildman–Crippen MR) is 82.1 cm³/mol. The third-order valence-electron chi connectivity index (χ3n) is 2.54. The number of nitrogens with two attached hydrogens (primary N) is 1. The molecule has 0 rings (SSSR count). The van der Waals surface area contributed by atoms with Crippen molar-refractivity contribution in [1.82, 2.24) is 4.90 Å². The highest BCUT2D eigenvalue weighted by atomic mass is 32.2. The minimum atomic E-state index is -3.69. The Labute approximate surface area is 122 Å². The average molecular weight is 308 g/mol. The van der Waals surface area contributed by atoms with Crippen LogP contribution in [0.15, 0.2) is 12.2 Å². The first kappa shape index (κ1) is 21.4. The molecule has 0 aliphatic rings. The lowest BCUT2D eigenvalue weighted by molar-refractivity contribution is -0.113. The second-order valence-electron chi connectivity index (χ2n) is 4.26. The zero-order valence-corrected chi connectivity index (χ0v) is 13.5. The maximum atomic E-state index is 10.3. The summed E-state index contributed by atoms with van der Waals surface area (Å²) in [6, 6.07) is 0. The van der Waals surface area contributed by atoms with Crippen LogP contribution < -0.4 is 5.73 Å². The number of primary amides is 1. The largest absolute Gasteiger partial charge is 0.366 e. The minimum absolute atomic E-state index is 0.108. The fourth-order valence-corrected chi connectivity index (χ4v) is 1.98. The molecule has 0 heterocycles. The van der Waals surface area contributed by atoms with E-state index in [0.29, 0.717) is 6.42 Å². The van der Waals surface area contributed by atoms with Gasteiger partial charge in [-0.3, -0.25) is 9.35 Å². The second kappa shape index (κ2) is 13.1. The van der Waals surface area contributed by atoms with Crippen LogP contribution in [0.2, 0.25) is 0 Å². The first-order chi connectivity index (χ1) is 9.26. The van der Waals surface area contributed by atoms with E-state index in [1.807, 2.05) is 13.0 Å². The van der Waals surface area contributed by atoms with E-state index in [1.54, 1.807) is 0 Å². The highest BCUT2D eigenvalue weighted by molar-refractivity contribution is 7.85. The molecule has 120 valence electrons. The van der Waals surface area contributed by atoms with Gasteiger partial charge in [0, 0.05) is 6.54 Å². The van der Waals surface area contributed by atoms with Gasteiger partial charge in [-0.1, -0.05) is 33.3 Å². The van der Waals surface area contributed by atoms with E-state index in [-0.39, 0.29) is 11.7 Å². The first-order valence-electron chi connectivity index (χ1n) is 6.90. The quantitative estimate of drug-likeness (QED) is 0.496. The molecule has 0 saturated heterocycles. The normalized spacial score (nSPS) is 11.4. The molecule has 6 nitrogen and oxygen atoms in total. The summed E-state index contributed by atoms with van der Waals surface area (Å²) in [5.41, 5.74) is 4.93. The van der Waals surface area contributed by atoms with Crippen molar-refractivity contribution in [2.75, 3.05) is 25.4 Å². The summed E-state index contributed by atoms with van der Waals surface area (Å²) in [4.78, 5) is 12.6. The fraction of sp³-hybridized carbons (Fsp3) is 0.769. The molecule has 0 unspecified atom stereocenters. The van der Waals surface area contributed by atoms with Crippen LogP contribution >= 0.6 is 0 Å². The topological polar surface area (TPSA) is 101 Å². The molecule has 0 radical (unpaired) electrons. The van der Waals surface area contributed by atoms with Gasteiger partial charge in [0.1, 0.15) is 0 Å². The lowest BCUT2D eigenvalue weighted by atomic mass is 10.3. The number of amides is 1. The number of unbranched alkanes of at least 4 members (excludes halogenated alkanes) is 1. The Morgan fingerprint density at radius 2 is 1.80 bits per heavy atom. The van der Waals surface area contributed by atoms with Crippen molar-refractivity contribution in [3.05, 3.63) is 12.2 Å². The molecule has 0 spiro atoms. The smallest absolute Gasteiger partial charge is 0.264 e. The number of carbonyl (C=O) groups is 1. The molecule has 0 saturated carbocycles. The van der Waals surface area contributed by atoms with Gasteiger partial charge in [-0.2, -0.15) is 8.42 Å². The van der Waals surface area contributed by atoms with Crippen LogP contribution in [0.3, 0.4) is 0 Å². The highest BCUT2D eigenvalue weighted by Crippen LogP contribution is 1.91. The molecule has 0 atom stereocenters. The molecule has 7 heteroatoms. The Hall–Kier alpha value is -0.920. The Bertz CT molecular complexity index is 363. The molecule has 0 aliphatic heterocycles. The molecule has 0 aromatic heterocycles. The van der Waals surface area contributed by atoms with Crippen molar-refractivity contribution in [1.29, 1.82) is 0 Å². The highest BCUT2D eigenvalue weighted by Gasteiger charge is 2.00. The van der Waals surface area contributed by atoms with Crippen LogP contribution in [0, 0.1) is 0 Å². The maximum absolute atomic E-state index is 10.3. The second-order valence-corrected chi connectivity index (χ2v) is 5.83. The van der Waals surface area contributed by atoms with E-state index in [9.17, 15) is 13.2 Å². The third kappa shape index (κ3) is 19.4. The van der Waals surface area contributed by atoms with Gasteiger partial charge in [-0.05, 0) is 32.0 Å². The minimum Gasteiger partial charge on any atom is -0.366 e. The summed E-state index contributed by atoms with van der Waals surface area (Å²) in [6.45, 7) is 9.23. The van der Waals surface area contributed by atoms with Crippen LogP contribution in [-0.4, -0.2) is 49.2 Å². The maximum Gasteiger partial charge on any atom is 0.264 e. The summed E-state index contributed by atoms with van der Waals surface area (Å²) in [6.07, 6.45) is 5.47. The molecule has 3 N–H and O–H groups in total. The average Bonchev–Trinajstić information content (AvgIpc) is 2.36. The van der Waals surface area contributed by atoms with Gasteiger partial charge in [0.2, 0.25) is 5.91 Å². The van der Waals surface area contributed by atoms with Crippen molar-refractivity contribution in [3.8, 4) is 0 Å². The number of nitrogens with zero attached hydrogens (tertiary/aromatic N) is 1. The van der Waals surface area contributed by atoms with Crippen LogP contribution in [-0.2, 0) is 14.9 Å². The molecule has 0 aromatic rings. The van der Waals surface area contributed by atoms with E-state index < -0.39 is 10.1 Å². The lowest BCUT2D eigenvalue weighted by Crippen LogP contribution is -2.23. The van der Waals surface area contributed by atoms with Crippen molar-refractivity contribution in [2.45, 2.75) is 40.0 Å². The van der Waals surface area contributed by atoms with Crippen LogP contribution in [0.1, 0.15) is 40.0 Å². The van der Waals surface area contributed by atoms with E-state index in [2.05, 4.69) is 18.7 Å². The Balaban J connectivity index is 0. The van der Waals surface area contributed by atoms with E-state index in [0.717, 1.165) is 32.5 Å². The van der Waals surface area contributed by atoms with E-state index in [1.165, 1.54) is 6.08 Å². The van der Waals surface area contributed by atoms with Crippen LogP contribution in [0.5, 0.6) is 0 Å². The van der Waals surface area contributed by atoms with Gasteiger partial charge in [0.25, 0.3) is 10.1 Å². The van der Waals surface area contributed by atoms with Gasteiger partial charge in [0.05, 0.1) is 5.75 Å². The zero-order chi connectivity index (χ0) is 16.0. The Morgan fingerprint density at radius 3 is 2.10 bits per heavy atom. The molecule has 0 aliphatic carbocycles. The van der Waals surface area contributed by atoms with Crippen molar-refractivity contribution < 1.29 is 17.8 Å². The van der Waals surface area contributed by atoms with Gasteiger partial charge in [-0.15, -0.1) is 0 Å². The first-order valence-corrected chi connectivity index (χ1v) is 8.51. The molecule has 0 aromatic carbocycles. The molecule has 0 bridgehead atoms. The lowest BCUT2D eigenvalue weighted by Gasteiger charge is -2.15. The Kier molecular flexibility index (Phi) is 14.0. The van der Waals surface area contributed by atoms with Gasteiger partial charge < -0.3 is 10.6 Å². The van der Waals surface area contributed by atoms with Crippen LogP contribution in [0.25, 0.3) is 0 Å². The number of rotatable bonds is 9. The monoisotopic (exact) mass is 308 g/mol. The number of hydrogen-bond donors (Lipinski definition) is 2. The standard InChI is InChI=1S/C9H18N2O.C4H10O3S/c1-3-11(4-2)8-6-5-7-9(10)12;1-2-3-4-8(5,6)7/h5,7H,3-4,6,8H2,1-2H3,(H2,10,12);2-4H2,1H3,(H,5,6,7). The number of carbonyl (C=O) groups excluding carboxylic acids is 1. The van der Waals surface area contributed by atoms with Gasteiger partial charge >= 0.3 is 0 Å². The zero-order valence-electron chi connectivity index (χ0n) is 12.7. The van der Waals surface area contributed by atoms with Gasteiger partial charge in [-0.25, -0.2) is 0 Å². The van der Waals surface area contributed by atoms with Crippen molar-refractivity contribution in [2.24, 2.45) is 5.73 Å².